The lowest BCUT2D eigenvalue weighted by molar-refractivity contribution is -0.121. The Morgan fingerprint density at radius 3 is 2.79 bits per heavy atom. The van der Waals surface area contributed by atoms with Gasteiger partial charge in [0.25, 0.3) is 5.91 Å². The number of nitrogens with zero attached hydrogens (tertiary/aromatic N) is 2. The smallest absolute Gasteiger partial charge is 0.273 e. The Kier molecular flexibility index (Phi) is 5.91. The second kappa shape index (κ2) is 7.20. The van der Waals surface area contributed by atoms with Crippen LogP contribution in [0.4, 0.5) is 0 Å². The van der Waals surface area contributed by atoms with Crippen LogP contribution in [-0.4, -0.2) is 41.8 Å². The van der Waals surface area contributed by atoms with Crippen LogP contribution in [-0.2, 0) is 4.79 Å². The van der Waals surface area contributed by atoms with Crippen LogP contribution in [0.5, 0.6) is 0 Å². The molecule has 7 heteroatoms. The molecule has 0 bridgehead atoms. The summed E-state index contributed by atoms with van der Waals surface area (Å²) in [6, 6.07) is -0.190. The Bertz CT molecular complexity index is 445. The van der Waals surface area contributed by atoms with Gasteiger partial charge in [-0.15, -0.1) is 11.3 Å². The minimum absolute atomic E-state index is 0.0316. The van der Waals surface area contributed by atoms with Gasteiger partial charge < -0.3 is 16.0 Å². The molecule has 2 amide bonds. The van der Waals surface area contributed by atoms with Crippen LogP contribution >= 0.6 is 11.3 Å². The maximum Gasteiger partial charge on any atom is 0.273 e. The highest BCUT2D eigenvalue weighted by Crippen LogP contribution is 2.16. The lowest BCUT2D eigenvalue weighted by Gasteiger charge is -2.15. The van der Waals surface area contributed by atoms with E-state index in [4.69, 9.17) is 5.73 Å². The third kappa shape index (κ3) is 4.60. The highest BCUT2D eigenvalue weighted by Gasteiger charge is 2.18. The molecular weight excluding hydrogens is 264 g/mol. The van der Waals surface area contributed by atoms with Crippen molar-refractivity contribution in [2.24, 2.45) is 5.73 Å². The molecule has 19 heavy (non-hydrogen) atoms. The molecule has 0 radical (unpaired) electrons. The lowest BCUT2D eigenvalue weighted by atomic mass is 10.3. The average molecular weight is 284 g/mol. The number of rotatable bonds is 6. The van der Waals surface area contributed by atoms with Crippen LogP contribution < -0.4 is 11.1 Å². The Morgan fingerprint density at radius 1 is 1.58 bits per heavy atom. The van der Waals surface area contributed by atoms with E-state index >= 15 is 0 Å². The standard InChI is InChI=1S/C12H20N4O2S/c1-4-5-14-10(17)6-16(3)12(18)9-7-19-11(15-9)8(2)13/h7-8H,4-6,13H2,1-3H3,(H,14,17). The van der Waals surface area contributed by atoms with Gasteiger partial charge in [-0.2, -0.15) is 0 Å². The van der Waals surface area contributed by atoms with E-state index in [9.17, 15) is 9.59 Å². The fourth-order valence-electron chi connectivity index (χ4n) is 1.40. The third-order valence-electron chi connectivity index (χ3n) is 2.43. The number of hydrogen-bond donors (Lipinski definition) is 2. The molecule has 0 aliphatic heterocycles. The molecule has 1 rings (SSSR count). The molecule has 0 spiro atoms. The second-order valence-corrected chi connectivity index (χ2v) is 5.26. The zero-order valence-electron chi connectivity index (χ0n) is 11.5. The van der Waals surface area contributed by atoms with E-state index in [-0.39, 0.29) is 24.4 Å². The van der Waals surface area contributed by atoms with E-state index in [2.05, 4.69) is 10.3 Å². The van der Waals surface area contributed by atoms with Crippen molar-refractivity contribution in [3.63, 3.8) is 0 Å². The Morgan fingerprint density at radius 2 is 2.26 bits per heavy atom. The first kappa shape index (κ1) is 15.6. The molecule has 106 valence electrons. The molecule has 1 heterocycles. The topological polar surface area (TPSA) is 88.3 Å². The number of nitrogens with one attached hydrogen (secondary N) is 1. The first-order valence-corrected chi connectivity index (χ1v) is 7.06. The van der Waals surface area contributed by atoms with Crippen LogP contribution in [0, 0.1) is 0 Å². The number of hydrogen-bond acceptors (Lipinski definition) is 5. The van der Waals surface area contributed by atoms with Crippen LogP contribution in [0.3, 0.4) is 0 Å². The molecule has 0 aliphatic rings. The Hall–Kier alpha value is -1.47. The van der Waals surface area contributed by atoms with Crippen molar-refractivity contribution >= 4 is 23.2 Å². The summed E-state index contributed by atoms with van der Waals surface area (Å²) in [5.74, 6) is -0.435. The summed E-state index contributed by atoms with van der Waals surface area (Å²) in [6.45, 7) is 4.44. The summed E-state index contributed by atoms with van der Waals surface area (Å²) in [6.07, 6.45) is 0.868. The van der Waals surface area contributed by atoms with Gasteiger partial charge in [-0.05, 0) is 13.3 Å². The summed E-state index contributed by atoms with van der Waals surface area (Å²) >= 11 is 1.35. The lowest BCUT2D eigenvalue weighted by Crippen LogP contribution is -2.38. The molecule has 0 saturated carbocycles. The van der Waals surface area contributed by atoms with E-state index < -0.39 is 0 Å². The van der Waals surface area contributed by atoms with Crippen molar-refractivity contribution in [1.29, 1.82) is 0 Å². The van der Waals surface area contributed by atoms with Gasteiger partial charge in [-0.3, -0.25) is 9.59 Å². The number of carbonyl (C=O) groups excluding carboxylic acids is 2. The fourth-order valence-corrected chi connectivity index (χ4v) is 2.15. The predicted octanol–water partition coefficient (Wildman–Crippen LogP) is 0.761. The minimum atomic E-state index is -0.269. The molecule has 6 nitrogen and oxygen atoms in total. The number of aromatic nitrogens is 1. The van der Waals surface area contributed by atoms with E-state index in [0.717, 1.165) is 6.42 Å². The van der Waals surface area contributed by atoms with Crippen molar-refractivity contribution in [1.82, 2.24) is 15.2 Å². The van der Waals surface area contributed by atoms with Gasteiger partial charge in [0, 0.05) is 19.0 Å². The summed E-state index contributed by atoms with van der Waals surface area (Å²) in [4.78, 5) is 29.1. The number of carbonyl (C=O) groups is 2. The molecule has 3 N–H and O–H groups in total. The van der Waals surface area contributed by atoms with Gasteiger partial charge in [0.15, 0.2) is 0 Å². The summed E-state index contributed by atoms with van der Waals surface area (Å²) in [5.41, 5.74) is 6.03. The van der Waals surface area contributed by atoms with E-state index in [1.165, 1.54) is 16.2 Å². The van der Waals surface area contributed by atoms with Gasteiger partial charge in [0.05, 0.1) is 12.6 Å². The maximum atomic E-state index is 12.0. The Balaban J connectivity index is 2.58. The minimum Gasteiger partial charge on any atom is -0.355 e. The first-order valence-electron chi connectivity index (χ1n) is 6.18. The summed E-state index contributed by atoms with van der Waals surface area (Å²) in [5, 5.41) is 5.11. The monoisotopic (exact) mass is 284 g/mol. The number of thiazole rings is 1. The van der Waals surface area contributed by atoms with Gasteiger partial charge >= 0.3 is 0 Å². The molecular formula is C12H20N4O2S. The normalized spacial score (nSPS) is 12.0. The molecule has 1 atom stereocenters. The molecule has 0 saturated heterocycles. The first-order chi connectivity index (χ1) is 8.95. The SMILES string of the molecule is CCCNC(=O)CN(C)C(=O)c1csc(C(C)N)n1. The summed E-state index contributed by atoms with van der Waals surface area (Å²) < 4.78 is 0. The third-order valence-corrected chi connectivity index (χ3v) is 3.48. The molecule has 0 fully saturated rings. The van der Waals surface area contributed by atoms with Gasteiger partial charge in [0.1, 0.15) is 10.7 Å². The average Bonchev–Trinajstić information content (AvgIpc) is 2.84. The van der Waals surface area contributed by atoms with Crippen molar-refractivity contribution < 1.29 is 9.59 Å². The van der Waals surface area contributed by atoms with Crippen molar-refractivity contribution in [2.75, 3.05) is 20.1 Å². The van der Waals surface area contributed by atoms with Crippen LogP contribution in [0.2, 0.25) is 0 Å². The zero-order valence-corrected chi connectivity index (χ0v) is 12.3. The van der Waals surface area contributed by atoms with Gasteiger partial charge in [-0.25, -0.2) is 4.98 Å². The molecule has 1 unspecified atom stereocenters. The van der Waals surface area contributed by atoms with E-state index in [0.29, 0.717) is 17.2 Å². The molecule has 1 aromatic heterocycles. The van der Waals surface area contributed by atoms with Crippen molar-refractivity contribution in [3.05, 3.63) is 16.1 Å². The zero-order chi connectivity index (χ0) is 14.4. The van der Waals surface area contributed by atoms with E-state index in [1.807, 2.05) is 13.8 Å². The summed E-state index contributed by atoms with van der Waals surface area (Å²) in [7, 11) is 1.58. The maximum absolute atomic E-state index is 12.0. The fraction of sp³-hybridized carbons (Fsp3) is 0.583. The van der Waals surface area contributed by atoms with Crippen LogP contribution in [0.1, 0.15) is 41.8 Å². The number of likely N-dealkylation sites (N-methyl/N-ethyl adjacent to an activating group) is 1. The van der Waals surface area contributed by atoms with Crippen molar-refractivity contribution in [2.45, 2.75) is 26.3 Å². The molecule has 0 aliphatic carbocycles. The van der Waals surface area contributed by atoms with Crippen LogP contribution in [0.15, 0.2) is 5.38 Å². The number of nitrogens with two attached hydrogens (primary N) is 1. The van der Waals surface area contributed by atoms with Crippen molar-refractivity contribution in [3.8, 4) is 0 Å². The highest BCUT2D eigenvalue weighted by molar-refractivity contribution is 7.09. The van der Waals surface area contributed by atoms with E-state index in [1.54, 1.807) is 12.4 Å². The largest absolute Gasteiger partial charge is 0.355 e. The second-order valence-electron chi connectivity index (χ2n) is 4.37. The number of amides is 2. The molecule has 0 aromatic carbocycles. The van der Waals surface area contributed by atoms with Crippen LogP contribution in [0.25, 0.3) is 0 Å². The molecule has 1 aromatic rings. The van der Waals surface area contributed by atoms with Gasteiger partial charge in [0.2, 0.25) is 5.91 Å². The quantitative estimate of drug-likeness (QED) is 0.807. The Labute approximate surface area is 117 Å². The highest BCUT2D eigenvalue weighted by atomic mass is 32.1. The predicted molar refractivity (Wildman–Crippen MR) is 75.0 cm³/mol. The van der Waals surface area contributed by atoms with Gasteiger partial charge in [-0.1, -0.05) is 6.92 Å².